The normalized spacial score (nSPS) is 19.8. The molecule has 0 saturated carbocycles. The average Bonchev–Trinajstić information content (AvgIpc) is 2.92. The number of benzene rings is 1. The number of hydrogen-bond acceptors (Lipinski definition) is 4. The SMILES string of the molecule is c1ccc(-c2cnc3c(c2)N=C2OCCC2O3)cc1. The van der Waals surface area contributed by atoms with Gasteiger partial charge in [-0.1, -0.05) is 30.3 Å². The van der Waals surface area contributed by atoms with Gasteiger partial charge in [-0.3, -0.25) is 0 Å². The van der Waals surface area contributed by atoms with Gasteiger partial charge in [0.2, 0.25) is 11.8 Å². The van der Waals surface area contributed by atoms with E-state index in [9.17, 15) is 0 Å². The monoisotopic (exact) mass is 252 g/mol. The largest absolute Gasteiger partial charge is 0.478 e. The van der Waals surface area contributed by atoms with E-state index in [4.69, 9.17) is 9.47 Å². The topological polar surface area (TPSA) is 43.7 Å². The van der Waals surface area contributed by atoms with E-state index in [1.54, 1.807) is 0 Å². The minimum absolute atomic E-state index is 0.0532. The molecule has 3 heterocycles. The van der Waals surface area contributed by atoms with Crippen molar-refractivity contribution in [1.29, 1.82) is 0 Å². The van der Waals surface area contributed by atoms with Gasteiger partial charge in [0.25, 0.3) is 0 Å². The lowest BCUT2D eigenvalue weighted by Crippen LogP contribution is -2.25. The number of aromatic nitrogens is 1. The first-order chi connectivity index (χ1) is 9.40. The van der Waals surface area contributed by atoms with Crippen molar-refractivity contribution in [2.24, 2.45) is 4.99 Å². The molecule has 1 saturated heterocycles. The second-order valence-corrected chi connectivity index (χ2v) is 4.61. The zero-order valence-corrected chi connectivity index (χ0v) is 10.2. The van der Waals surface area contributed by atoms with Gasteiger partial charge < -0.3 is 9.47 Å². The molecule has 2 aliphatic heterocycles. The van der Waals surface area contributed by atoms with Crippen LogP contribution in [0.25, 0.3) is 11.1 Å². The number of hydrogen-bond donors (Lipinski definition) is 0. The molecule has 94 valence electrons. The van der Waals surface area contributed by atoms with Crippen molar-refractivity contribution >= 4 is 11.6 Å². The summed E-state index contributed by atoms with van der Waals surface area (Å²) < 4.78 is 11.2. The molecule has 1 atom stereocenters. The van der Waals surface area contributed by atoms with Gasteiger partial charge in [0.1, 0.15) is 5.69 Å². The number of rotatable bonds is 1. The van der Waals surface area contributed by atoms with Crippen LogP contribution in [0.2, 0.25) is 0 Å². The molecule has 1 unspecified atom stereocenters. The molecule has 19 heavy (non-hydrogen) atoms. The molecule has 1 aromatic carbocycles. The maximum atomic E-state index is 5.78. The van der Waals surface area contributed by atoms with Crippen molar-refractivity contribution in [1.82, 2.24) is 4.98 Å². The fourth-order valence-corrected chi connectivity index (χ4v) is 2.35. The van der Waals surface area contributed by atoms with Crippen LogP contribution in [0.15, 0.2) is 47.6 Å². The van der Waals surface area contributed by atoms with Crippen LogP contribution in [0, 0.1) is 0 Å². The Bertz CT molecular complexity index is 652. The third-order valence-corrected chi connectivity index (χ3v) is 3.33. The second kappa shape index (κ2) is 4.09. The molecule has 4 nitrogen and oxygen atoms in total. The molecule has 2 aliphatic rings. The van der Waals surface area contributed by atoms with Crippen molar-refractivity contribution in [2.75, 3.05) is 6.61 Å². The number of aliphatic imine (C=N–C) groups is 1. The summed E-state index contributed by atoms with van der Waals surface area (Å²) in [5.41, 5.74) is 2.89. The van der Waals surface area contributed by atoms with Gasteiger partial charge >= 0.3 is 0 Å². The molecular weight excluding hydrogens is 240 g/mol. The molecule has 0 N–H and O–H groups in total. The highest BCUT2D eigenvalue weighted by molar-refractivity contribution is 5.88. The molecule has 0 aliphatic carbocycles. The van der Waals surface area contributed by atoms with Crippen molar-refractivity contribution in [3.8, 4) is 17.0 Å². The Morgan fingerprint density at radius 2 is 2.00 bits per heavy atom. The summed E-state index contributed by atoms with van der Waals surface area (Å²) in [5.74, 6) is 1.28. The van der Waals surface area contributed by atoms with Crippen molar-refractivity contribution in [3.63, 3.8) is 0 Å². The lowest BCUT2D eigenvalue weighted by molar-refractivity contribution is 0.256. The van der Waals surface area contributed by atoms with Gasteiger partial charge in [0.05, 0.1) is 6.61 Å². The summed E-state index contributed by atoms with van der Waals surface area (Å²) in [4.78, 5) is 8.87. The van der Waals surface area contributed by atoms with Crippen LogP contribution in [0.3, 0.4) is 0 Å². The van der Waals surface area contributed by atoms with E-state index >= 15 is 0 Å². The molecule has 0 spiro atoms. The van der Waals surface area contributed by atoms with Crippen LogP contribution in [0.4, 0.5) is 5.69 Å². The highest BCUT2D eigenvalue weighted by Gasteiger charge is 2.31. The molecule has 0 bridgehead atoms. The summed E-state index contributed by atoms with van der Waals surface area (Å²) in [7, 11) is 0. The van der Waals surface area contributed by atoms with E-state index in [1.807, 2.05) is 30.5 Å². The molecule has 4 heteroatoms. The number of ether oxygens (including phenoxy) is 2. The molecule has 1 fully saturated rings. The standard InChI is InChI=1S/C15H12N2O2/c1-2-4-10(5-3-1)11-8-12-14(16-9-11)19-13-6-7-18-15(13)17-12/h1-5,8-9,13H,6-7H2. The van der Waals surface area contributed by atoms with Crippen LogP contribution in [0.1, 0.15) is 6.42 Å². The minimum atomic E-state index is -0.0532. The number of nitrogens with zero attached hydrogens (tertiary/aromatic N) is 2. The van der Waals surface area contributed by atoms with Crippen molar-refractivity contribution in [2.45, 2.75) is 12.5 Å². The van der Waals surface area contributed by atoms with Crippen LogP contribution < -0.4 is 4.74 Å². The maximum Gasteiger partial charge on any atom is 0.240 e. The van der Waals surface area contributed by atoms with Gasteiger partial charge in [-0.05, 0) is 11.6 Å². The highest BCUT2D eigenvalue weighted by Crippen LogP contribution is 2.36. The van der Waals surface area contributed by atoms with E-state index < -0.39 is 0 Å². The molecule has 2 aromatic rings. The van der Waals surface area contributed by atoms with Gasteiger partial charge in [0.15, 0.2) is 6.10 Å². The lowest BCUT2D eigenvalue weighted by Gasteiger charge is -2.18. The predicted octanol–water partition coefficient (Wildman–Crippen LogP) is 2.96. The predicted molar refractivity (Wildman–Crippen MR) is 71.8 cm³/mol. The Balaban J connectivity index is 1.78. The zero-order chi connectivity index (χ0) is 12.7. The molecule has 4 rings (SSSR count). The Morgan fingerprint density at radius 1 is 1.11 bits per heavy atom. The van der Waals surface area contributed by atoms with Crippen LogP contribution >= 0.6 is 0 Å². The van der Waals surface area contributed by atoms with E-state index in [0.717, 1.165) is 23.2 Å². The Labute approximate surface area is 110 Å². The fraction of sp³-hybridized carbons (Fsp3) is 0.200. The van der Waals surface area contributed by atoms with Gasteiger partial charge in [0, 0.05) is 18.2 Å². The van der Waals surface area contributed by atoms with Crippen molar-refractivity contribution in [3.05, 3.63) is 42.6 Å². The first-order valence-corrected chi connectivity index (χ1v) is 6.34. The summed E-state index contributed by atoms with van der Waals surface area (Å²) in [6.07, 6.45) is 2.62. The van der Waals surface area contributed by atoms with Gasteiger partial charge in [-0.25, -0.2) is 9.98 Å². The lowest BCUT2D eigenvalue weighted by atomic mass is 10.1. The average molecular weight is 252 g/mol. The Morgan fingerprint density at radius 3 is 2.89 bits per heavy atom. The van der Waals surface area contributed by atoms with E-state index in [2.05, 4.69) is 22.1 Å². The number of pyridine rings is 1. The minimum Gasteiger partial charge on any atom is -0.478 e. The Hall–Kier alpha value is -2.36. The van der Waals surface area contributed by atoms with Crippen LogP contribution in [-0.4, -0.2) is 23.6 Å². The van der Waals surface area contributed by atoms with Gasteiger partial charge in [-0.2, -0.15) is 0 Å². The molecule has 0 radical (unpaired) electrons. The summed E-state index contributed by atoms with van der Waals surface area (Å²) in [5, 5.41) is 0. The van der Waals surface area contributed by atoms with E-state index in [0.29, 0.717) is 18.4 Å². The third kappa shape index (κ3) is 1.76. The quantitative estimate of drug-likeness (QED) is 0.783. The fourth-order valence-electron chi connectivity index (χ4n) is 2.35. The molecular formula is C15H12N2O2. The zero-order valence-electron chi connectivity index (χ0n) is 10.2. The van der Waals surface area contributed by atoms with E-state index in [-0.39, 0.29) is 6.10 Å². The smallest absolute Gasteiger partial charge is 0.240 e. The third-order valence-electron chi connectivity index (χ3n) is 3.33. The van der Waals surface area contributed by atoms with Crippen LogP contribution in [-0.2, 0) is 4.74 Å². The van der Waals surface area contributed by atoms with Crippen LogP contribution in [0.5, 0.6) is 5.88 Å². The molecule has 1 aromatic heterocycles. The van der Waals surface area contributed by atoms with E-state index in [1.165, 1.54) is 0 Å². The summed E-state index contributed by atoms with van der Waals surface area (Å²) in [6, 6.07) is 12.1. The number of fused-ring (bicyclic) bond motifs is 2. The van der Waals surface area contributed by atoms with Crippen molar-refractivity contribution < 1.29 is 9.47 Å². The first kappa shape index (κ1) is 10.6. The summed E-state index contributed by atoms with van der Waals surface area (Å²) in [6.45, 7) is 0.670. The molecule has 0 amide bonds. The first-order valence-electron chi connectivity index (χ1n) is 6.34. The van der Waals surface area contributed by atoms with Gasteiger partial charge in [-0.15, -0.1) is 0 Å². The summed E-state index contributed by atoms with van der Waals surface area (Å²) >= 11 is 0. The maximum absolute atomic E-state index is 5.78. The second-order valence-electron chi connectivity index (χ2n) is 4.61. The highest BCUT2D eigenvalue weighted by atomic mass is 16.6. The Kier molecular flexibility index (Phi) is 2.27.